The van der Waals surface area contributed by atoms with Crippen LogP contribution in [0.3, 0.4) is 0 Å². The summed E-state index contributed by atoms with van der Waals surface area (Å²) in [5.41, 5.74) is 0.832. The summed E-state index contributed by atoms with van der Waals surface area (Å²) >= 11 is 1.52. The molecule has 0 radical (unpaired) electrons. The monoisotopic (exact) mass is 455 g/mol. The van der Waals surface area contributed by atoms with Gasteiger partial charge in [-0.05, 0) is 48.6 Å². The third-order valence-electron chi connectivity index (χ3n) is 5.19. The van der Waals surface area contributed by atoms with Crippen LogP contribution in [0, 0.1) is 5.92 Å². The lowest BCUT2D eigenvalue weighted by atomic mass is 10.2. The zero-order chi connectivity index (χ0) is 21.2. The van der Waals surface area contributed by atoms with Crippen molar-refractivity contribution in [3.63, 3.8) is 0 Å². The van der Waals surface area contributed by atoms with Crippen LogP contribution in [0.5, 0.6) is 0 Å². The third-order valence-corrected chi connectivity index (χ3v) is 9.73. The van der Waals surface area contributed by atoms with E-state index in [1.807, 2.05) is 32.0 Å². The normalized spacial score (nSPS) is 16.2. The Kier molecular flexibility index (Phi) is 6.88. The van der Waals surface area contributed by atoms with Gasteiger partial charge in [-0.1, -0.05) is 38.8 Å². The lowest BCUT2D eigenvalue weighted by Gasteiger charge is -2.26. The maximum absolute atomic E-state index is 13.2. The first-order valence-corrected chi connectivity index (χ1v) is 14.2. The van der Waals surface area contributed by atoms with Gasteiger partial charge in [0.05, 0.1) is 10.1 Å². The number of benzene rings is 1. The lowest BCUT2D eigenvalue weighted by Crippen LogP contribution is -2.39. The summed E-state index contributed by atoms with van der Waals surface area (Å²) in [5, 5.41) is -0.257. The highest BCUT2D eigenvalue weighted by Gasteiger charge is 2.34. The van der Waals surface area contributed by atoms with Gasteiger partial charge in [-0.25, -0.2) is 16.8 Å². The fourth-order valence-corrected chi connectivity index (χ4v) is 7.68. The minimum Gasteiger partial charge on any atom is -0.224 e. The van der Waals surface area contributed by atoms with E-state index in [1.165, 1.54) is 17.6 Å². The number of nitrogens with zero attached hydrogens (tertiary/aromatic N) is 1. The molecule has 0 bridgehead atoms. The smallest absolute Gasteiger partial charge is 0.217 e. The van der Waals surface area contributed by atoms with Gasteiger partial charge < -0.3 is 0 Å². The van der Waals surface area contributed by atoms with Gasteiger partial charge in [0.15, 0.2) is 9.84 Å². The Morgan fingerprint density at radius 3 is 2.38 bits per heavy atom. The van der Waals surface area contributed by atoms with Crippen molar-refractivity contribution in [3.05, 3.63) is 41.3 Å². The minimum atomic E-state index is -3.31. The molecule has 1 aromatic carbocycles. The molecule has 0 aliphatic heterocycles. The van der Waals surface area contributed by atoms with Crippen molar-refractivity contribution in [2.45, 2.75) is 56.2 Å². The van der Waals surface area contributed by atoms with Gasteiger partial charge in [0.25, 0.3) is 0 Å². The molecule has 3 rings (SSSR count). The largest absolute Gasteiger partial charge is 0.224 e. The van der Waals surface area contributed by atoms with Crippen molar-refractivity contribution in [3.8, 4) is 10.4 Å². The predicted octanol–water partition coefficient (Wildman–Crippen LogP) is 4.55. The first-order chi connectivity index (χ1) is 13.6. The third kappa shape index (κ3) is 5.48. The highest BCUT2D eigenvalue weighted by molar-refractivity contribution is 7.90. The fourth-order valence-electron chi connectivity index (χ4n) is 3.73. The van der Waals surface area contributed by atoms with Gasteiger partial charge in [0.1, 0.15) is 0 Å². The summed E-state index contributed by atoms with van der Waals surface area (Å²) in [6, 6.07) is 10.8. The SMILES string of the molecule is CC(C)CN(Cc1ccc(-c2cccc(S(C)(=O)=O)c2)s1)S(=O)(=O)C1CCCC1. The molecule has 2 aromatic rings. The van der Waals surface area contributed by atoms with E-state index in [-0.39, 0.29) is 16.1 Å². The zero-order valence-corrected chi connectivity index (χ0v) is 19.6. The van der Waals surface area contributed by atoms with Crippen molar-refractivity contribution in [2.24, 2.45) is 5.92 Å². The molecular formula is C21H29NO4S3. The highest BCUT2D eigenvalue weighted by Crippen LogP contribution is 2.33. The second-order valence-corrected chi connectivity index (χ2v) is 13.6. The molecule has 8 heteroatoms. The van der Waals surface area contributed by atoms with E-state index < -0.39 is 19.9 Å². The number of sulfonamides is 1. The van der Waals surface area contributed by atoms with Crippen LogP contribution >= 0.6 is 11.3 Å². The molecule has 0 amide bonds. The molecule has 1 heterocycles. The Morgan fingerprint density at radius 1 is 1.07 bits per heavy atom. The van der Waals surface area contributed by atoms with Gasteiger partial charge in [-0.3, -0.25) is 0 Å². The average Bonchev–Trinajstić information content (AvgIpc) is 3.32. The molecule has 160 valence electrons. The van der Waals surface area contributed by atoms with E-state index in [1.54, 1.807) is 22.5 Å². The second kappa shape index (κ2) is 8.88. The quantitative estimate of drug-likeness (QED) is 0.585. The Bertz CT molecular complexity index is 1050. The van der Waals surface area contributed by atoms with Crippen molar-refractivity contribution in [1.82, 2.24) is 4.31 Å². The zero-order valence-electron chi connectivity index (χ0n) is 17.2. The maximum atomic E-state index is 13.2. The topological polar surface area (TPSA) is 71.5 Å². The van der Waals surface area contributed by atoms with E-state index in [0.29, 0.717) is 13.1 Å². The van der Waals surface area contributed by atoms with E-state index in [4.69, 9.17) is 0 Å². The van der Waals surface area contributed by atoms with Crippen LogP contribution < -0.4 is 0 Å². The van der Waals surface area contributed by atoms with Gasteiger partial charge in [0, 0.05) is 29.1 Å². The van der Waals surface area contributed by atoms with Crippen LogP contribution in [0.1, 0.15) is 44.4 Å². The van der Waals surface area contributed by atoms with E-state index in [9.17, 15) is 16.8 Å². The molecule has 1 fully saturated rings. The molecule has 0 N–H and O–H groups in total. The molecule has 0 saturated heterocycles. The summed E-state index contributed by atoms with van der Waals surface area (Å²) in [4.78, 5) is 2.19. The van der Waals surface area contributed by atoms with Crippen LogP contribution in [-0.4, -0.2) is 39.2 Å². The summed E-state index contributed by atoms with van der Waals surface area (Å²) in [5.74, 6) is 0.247. The van der Waals surface area contributed by atoms with Crippen molar-refractivity contribution < 1.29 is 16.8 Å². The summed E-state index contributed by atoms with van der Waals surface area (Å²) in [6.45, 7) is 4.95. The molecule has 29 heavy (non-hydrogen) atoms. The molecule has 0 atom stereocenters. The van der Waals surface area contributed by atoms with Crippen molar-refractivity contribution >= 4 is 31.2 Å². The first-order valence-electron chi connectivity index (χ1n) is 9.95. The minimum absolute atomic E-state index is 0.247. The first kappa shape index (κ1) is 22.5. The molecule has 1 aliphatic rings. The van der Waals surface area contributed by atoms with E-state index >= 15 is 0 Å². The standard InChI is InChI=1S/C21H29NO4S3/c1-16(2)14-22(29(25,26)19-8-4-5-9-19)15-18-11-12-21(27-18)17-7-6-10-20(13-17)28(3,23)24/h6-7,10-13,16,19H,4-5,8-9,14-15H2,1-3H3. The Morgan fingerprint density at radius 2 is 1.76 bits per heavy atom. The van der Waals surface area contributed by atoms with Gasteiger partial charge >= 0.3 is 0 Å². The summed E-state index contributed by atoms with van der Waals surface area (Å²) < 4.78 is 51.7. The number of rotatable bonds is 8. The maximum Gasteiger partial charge on any atom is 0.217 e. The number of hydrogen-bond donors (Lipinski definition) is 0. The van der Waals surface area contributed by atoms with Gasteiger partial charge in [-0.15, -0.1) is 11.3 Å². The summed E-state index contributed by atoms with van der Waals surface area (Å²) in [6.07, 6.45) is 4.68. The van der Waals surface area contributed by atoms with Crippen molar-refractivity contribution in [1.29, 1.82) is 0 Å². The van der Waals surface area contributed by atoms with Crippen molar-refractivity contribution in [2.75, 3.05) is 12.8 Å². The Hall–Kier alpha value is -1.22. The van der Waals surface area contributed by atoms with Crippen LogP contribution in [0.2, 0.25) is 0 Å². The van der Waals surface area contributed by atoms with Crippen LogP contribution in [-0.2, 0) is 26.4 Å². The number of thiophene rings is 1. The van der Waals surface area contributed by atoms with Gasteiger partial charge in [0.2, 0.25) is 10.0 Å². The van der Waals surface area contributed by atoms with E-state index in [2.05, 4.69) is 0 Å². The molecule has 1 saturated carbocycles. The van der Waals surface area contributed by atoms with Crippen LogP contribution in [0.15, 0.2) is 41.3 Å². The van der Waals surface area contributed by atoms with Crippen LogP contribution in [0.25, 0.3) is 10.4 Å². The molecule has 1 aromatic heterocycles. The van der Waals surface area contributed by atoms with Gasteiger partial charge in [-0.2, -0.15) is 4.31 Å². The molecule has 0 spiro atoms. The molecule has 0 unspecified atom stereocenters. The molecule has 1 aliphatic carbocycles. The average molecular weight is 456 g/mol. The number of sulfone groups is 1. The molecule has 5 nitrogen and oxygen atoms in total. The fraction of sp³-hybridized carbons (Fsp3) is 0.524. The highest BCUT2D eigenvalue weighted by atomic mass is 32.2. The Balaban J connectivity index is 1.85. The van der Waals surface area contributed by atoms with E-state index in [0.717, 1.165) is 41.0 Å². The Labute approximate surface area is 178 Å². The number of hydrogen-bond acceptors (Lipinski definition) is 5. The second-order valence-electron chi connectivity index (χ2n) is 8.20. The lowest BCUT2D eigenvalue weighted by molar-refractivity contribution is 0.359. The van der Waals surface area contributed by atoms with Crippen LogP contribution in [0.4, 0.5) is 0 Å². The predicted molar refractivity (Wildman–Crippen MR) is 119 cm³/mol. The summed E-state index contributed by atoms with van der Waals surface area (Å²) in [7, 11) is -6.59. The molecular weight excluding hydrogens is 426 g/mol.